The number of carbonyl (C=O) groups is 1. The number of hydrogen-bond acceptors (Lipinski definition) is 5. The Morgan fingerprint density at radius 1 is 1.46 bits per heavy atom. The van der Waals surface area contributed by atoms with E-state index in [-0.39, 0.29) is 23.9 Å². The Morgan fingerprint density at radius 2 is 2.21 bits per heavy atom. The van der Waals surface area contributed by atoms with E-state index in [1.54, 1.807) is 0 Å². The van der Waals surface area contributed by atoms with Gasteiger partial charge in [0.1, 0.15) is 5.82 Å². The predicted molar refractivity (Wildman–Crippen MR) is 91.4 cm³/mol. The lowest BCUT2D eigenvalue weighted by molar-refractivity contribution is 0.0952. The van der Waals surface area contributed by atoms with Crippen molar-refractivity contribution in [1.29, 1.82) is 0 Å². The van der Waals surface area contributed by atoms with Crippen LogP contribution in [0.15, 0.2) is 27.2 Å². The third-order valence-electron chi connectivity index (χ3n) is 3.96. The molecular formula is C15H17BrClFN4O2. The van der Waals surface area contributed by atoms with E-state index < -0.39 is 11.4 Å². The number of amides is 1. The van der Waals surface area contributed by atoms with Crippen molar-refractivity contribution >= 4 is 34.2 Å². The maximum Gasteiger partial charge on any atom is 0.252 e. The molecular weight excluding hydrogens is 403 g/mol. The van der Waals surface area contributed by atoms with Crippen LogP contribution in [0.3, 0.4) is 0 Å². The SMILES string of the molecule is Cl.NC1(c2noc(CCNC(=O)c3cc(F)ccc3Br)n2)CCC1. The summed E-state index contributed by atoms with van der Waals surface area (Å²) in [6, 6.07) is 3.96. The topological polar surface area (TPSA) is 94.0 Å². The molecule has 3 rings (SSSR count). The van der Waals surface area contributed by atoms with E-state index >= 15 is 0 Å². The van der Waals surface area contributed by atoms with Crippen molar-refractivity contribution in [2.75, 3.05) is 6.54 Å². The average molecular weight is 420 g/mol. The second kappa shape index (κ2) is 7.58. The van der Waals surface area contributed by atoms with Gasteiger partial charge in [0.05, 0.1) is 11.1 Å². The van der Waals surface area contributed by atoms with Gasteiger partial charge in [-0.2, -0.15) is 4.98 Å². The molecule has 0 aliphatic heterocycles. The minimum atomic E-state index is -0.464. The first-order valence-corrected chi connectivity index (χ1v) is 8.12. The smallest absolute Gasteiger partial charge is 0.252 e. The van der Waals surface area contributed by atoms with Crippen LogP contribution in [0.5, 0.6) is 0 Å². The standard InChI is InChI=1S/C15H16BrFN4O2.ClH/c16-11-3-2-9(17)8-10(11)13(22)19-7-4-12-20-14(21-23-12)15(18)5-1-6-15;/h2-3,8H,1,4-7,18H2,(H,19,22);1H. The monoisotopic (exact) mass is 418 g/mol. The Bertz CT molecular complexity index is 736. The van der Waals surface area contributed by atoms with Gasteiger partial charge in [-0.15, -0.1) is 12.4 Å². The molecule has 1 aliphatic rings. The maximum atomic E-state index is 13.2. The van der Waals surface area contributed by atoms with E-state index in [4.69, 9.17) is 10.3 Å². The average Bonchev–Trinajstić information content (AvgIpc) is 2.96. The minimum Gasteiger partial charge on any atom is -0.351 e. The van der Waals surface area contributed by atoms with Gasteiger partial charge in [-0.1, -0.05) is 5.16 Å². The zero-order chi connectivity index (χ0) is 16.4. The molecule has 130 valence electrons. The number of hydrogen-bond donors (Lipinski definition) is 2. The normalized spacial score (nSPS) is 15.3. The van der Waals surface area contributed by atoms with Gasteiger partial charge in [0, 0.05) is 17.4 Å². The van der Waals surface area contributed by atoms with Gasteiger partial charge in [0.2, 0.25) is 5.89 Å². The van der Waals surface area contributed by atoms with Crippen molar-refractivity contribution < 1.29 is 13.7 Å². The van der Waals surface area contributed by atoms with Crippen LogP contribution in [-0.4, -0.2) is 22.6 Å². The molecule has 0 radical (unpaired) electrons. The zero-order valence-electron chi connectivity index (χ0n) is 12.7. The number of nitrogens with one attached hydrogen (secondary N) is 1. The van der Waals surface area contributed by atoms with Crippen LogP contribution in [0.2, 0.25) is 0 Å². The second-order valence-corrected chi connectivity index (χ2v) is 6.51. The van der Waals surface area contributed by atoms with Crippen LogP contribution in [0.1, 0.15) is 41.3 Å². The highest BCUT2D eigenvalue weighted by Crippen LogP contribution is 2.36. The second-order valence-electron chi connectivity index (χ2n) is 5.65. The first-order valence-electron chi connectivity index (χ1n) is 7.33. The van der Waals surface area contributed by atoms with Gasteiger partial charge in [-0.25, -0.2) is 4.39 Å². The largest absolute Gasteiger partial charge is 0.351 e. The molecule has 2 aromatic rings. The lowest BCUT2D eigenvalue weighted by atomic mass is 9.77. The van der Waals surface area contributed by atoms with Crippen LogP contribution in [0.4, 0.5) is 4.39 Å². The summed E-state index contributed by atoms with van der Waals surface area (Å²) < 4.78 is 18.9. The molecule has 1 saturated carbocycles. The predicted octanol–water partition coefficient (Wildman–Crippen LogP) is 2.70. The molecule has 0 unspecified atom stereocenters. The van der Waals surface area contributed by atoms with Gasteiger partial charge >= 0.3 is 0 Å². The van der Waals surface area contributed by atoms with Gasteiger partial charge in [0.25, 0.3) is 5.91 Å². The fourth-order valence-corrected chi connectivity index (χ4v) is 2.82. The minimum absolute atomic E-state index is 0. The number of halogens is 3. The van der Waals surface area contributed by atoms with Crippen molar-refractivity contribution in [3.8, 4) is 0 Å². The molecule has 1 heterocycles. The summed E-state index contributed by atoms with van der Waals surface area (Å²) >= 11 is 3.23. The summed E-state index contributed by atoms with van der Waals surface area (Å²) in [7, 11) is 0. The van der Waals surface area contributed by atoms with Crippen molar-refractivity contribution in [2.45, 2.75) is 31.2 Å². The lowest BCUT2D eigenvalue weighted by Crippen LogP contribution is -2.44. The maximum absolute atomic E-state index is 13.2. The molecule has 6 nitrogen and oxygen atoms in total. The fourth-order valence-electron chi connectivity index (χ4n) is 2.39. The third-order valence-corrected chi connectivity index (χ3v) is 4.65. The highest BCUT2D eigenvalue weighted by molar-refractivity contribution is 9.10. The third kappa shape index (κ3) is 3.93. The molecule has 1 aliphatic carbocycles. The number of carbonyl (C=O) groups excluding carboxylic acids is 1. The summed E-state index contributed by atoms with van der Waals surface area (Å²) in [6.45, 7) is 0.307. The summed E-state index contributed by atoms with van der Waals surface area (Å²) in [5.41, 5.74) is 5.91. The Hall–Kier alpha value is -1.51. The van der Waals surface area contributed by atoms with E-state index in [1.165, 1.54) is 18.2 Å². The number of benzene rings is 1. The van der Waals surface area contributed by atoms with Crippen molar-refractivity contribution in [2.24, 2.45) is 5.73 Å². The molecule has 3 N–H and O–H groups in total. The first-order chi connectivity index (χ1) is 11.0. The molecule has 1 aromatic carbocycles. The Kier molecular flexibility index (Phi) is 5.95. The molecule has 24 heavy (non-hydrogen) atoms. The summed E-state index contributed by atoms with van der Waals surface area (Å²) in [5.74, 6) is 0.118. The fraction of sp³-hybridized carbons (Fsp3) is 0.400. The number of nitrogens with two attached hydrogens (primary N) is 1. The van der Waals surface area contributed by atoms with E-state index in [0.29, 0.717) is 29.2 Å². The van der Waals surface area contributed by atoms with E-state index in [9.17, 15) is 9.18 Å². The molecule has 0 spiro atoms. The highest BCUT2D eigenvalue weighted by Gasteiger charge is 2.38. The molecule has 1 aromatic heterocycles. The Balaban J connectivity index is 0.00000208. The van der Waals surface area contributed by atoms with Gasteiger partial charge in [-0.05, 0) is 53.4 Å². The van der Waals surface area contributed by atoms with E-state index in [2.05, 4.69) is 31.4 Å². The first kappa shape index (κ1) is 18.8. The van der Waals surface area contributed by atoms with Gasteiger partial charge in [0.15, 0.2) is 5.82 Å². The van der Waals surface area contributed by atoms with Crippen LogP contribution >= 0.6 is 28.3 Å². The zero-order valence-corrected chi connectivity index (χ0v) is 15.1. The summed E-state index contributed by atoms with van der Waals surface area (Å²) in [5, 5.41) is 6.61. The van der Waals surface area contributed by atoms with Crippen LogP contribution in [0, 0.1) is 5.82 Å². The number of rotatable bonds is 5. The lowest BCUT2D eigenvalue weighted by Gasteiger charge is -2.34. The quantitative estimate of drug-likeness (QED) is 0.777. The molecule has 0 saturated heterocycles. The van der Waals surface area contributed by atoms with E-state index in [0.717, 1.165) is 19.3 Å². The van der Waals surface area contributed by atoms with Crippen molar-refractivity contribution in [1.82, 2.24) is 15.5 Å². The van der Waals surface area contributed by atoms with Crippen LogP contribution in [0.25, 0.3) is 0 Å². The number of aromatic nitrogens is 2. The molecule has 0 bridgehead atoms. The summed E-state index contributed by atoms with van der Waals surface area (Å²) in [6.07, 6.45) is 3.17. The van der Waals surface area contributed by atoms with Crippen molar-refractivity contribution in [3.63, 3.8) is 0 Å². The summed E-state index contributed by atoms with van der Waals surface area (Å²) in [4.78, 5) is 16.3. The van der Waals surface area contributed by atoms with Gasteiger partial charge in [-0.3, -0.25) is 4.79 Å². The van der Waals surface area contributed by atoms with Crippen molar-refractivity contribution in [3.05, 3.63) is 45.8 Å². The van der Waals surface area contributed by atoms with Gasteiger partial charge < -0.3 is 15.6 Å². The van der Waals surface area contributed by atoms with Crippen LogP contribution in [-0.2, 0) is 12.0 Å². The number of nitrogens with zero attached hydrogens (tertiary/aromatic N) is 2. The molecule has 1 fully saturated rings. The molecule has 0 atom stereocenters. The van der Waals surface area contributed by atoms with E-state index in [1.807, 2.05) is 0 Å². The Labute approximate surface area is 152 Å². The van der Waals surface area contributed by atoms with Crippen LogP contribution < -0.4 is 11.1 Å². The molecule has 9 heteroatoms. The Morgan fingerprint density at radius 3 is 2.88 bits per heavy atom. The molecule has 1 amide bonds. The highest BCUT2D eigenvalue weighted by atomic mass is 79.9.